The first-order chi connectivity index (χ1) is 14.6. The molecule has 4 rings (SSSR count). The molecule has 2 atom stereocenters. The molecule has 1 saturated heterocycles. The van der Waals surface area contributed by atoms with Crippen molar-refractivity contribution in [3.8, 4) is 11.3 Å². The van der Waals surface area contributed by atoms with Gasteiger partial charge in [-0.05, 0) is 24.8 Å². The largest absolute Gasteiger partial charge is 0.302 e. The van der Waals surface area contributed by atoms with E-state index in [1.807, 2.05) is 5.38 Å². The van der Waals surface area contributed by atoms with Gasteiger partial charge in [0.25, 0.3) is 0 Å². The van der Waals surface area contributed by atoms with Crippen LogP contribution in [0.3, 0.4) is 0 Å². The highest BCUT2D eigenvalue weighted by molar-refractivity contribution is 7.14. The first-order valence-electron chi connectivity index (χ1n) is 10.8. The number of likely N-dealkylation sites (tertiary alicyclic amines) is 1. The van der Waals surface area contributed by atoms with Gasteiger partial charge in [-0.15, -0.1) is 11.3 Å². The van der Waals surface area contributed by atoms with Crippen molar-refractivity contribution < 1.29 is 14.4 Å². The SMILES string of the molecule is CCCc1ccc(-c2csc(NC(=O)CCN3C(=O)[C@H]4CCCC[C@@H]4C3=O)n2)cc1. The number of rotatable bonds is 7. The van der Waals surface area contributed by atoms with Gasteiger partial charge in [0.2, 0.25) is 17.7 Å². The van der Waals surface area contributed by atoms with Crippen LogP contribution in [0.2, 0.25) is 0 Å². The molecule has 0 bridgehead atoms. The first kappa shape index (κ1) is 20.7. The van der Waals surface area contributed by atoms with Gasteiger partial charge < -0.3 is 5.32 Å². The van der Waals surface area contributed by atoms with Gasteiger partial charge >= 0.3 is 0 Å². The number of amides is 3. The molecule has 2 heterocycles. The van der Waals surface area contributed by atoms with E-state index in [1.54, 1.807) is 0 Å². The highest BCUT2D eigenvalue weighted by atomic mass is 32.1. The van der Waals surface area contributed by atoms with Crippen molar-refractivity contribution in [3.05, 3.63) is 35.2 Å². The minimum Gasteiger partial charge on any atom is -0.302 e. The lowest BCUT2D eigenvalue weighted by molar-refractivity contribution is -0.140. The van der Waals surface area contributed by atoms with Crippen LogP contribution in [0.25, 0.3) is 11.3 Å². The van der Waals surface area contributed by atoms with Crippen LogP contribution in [0.1, 0.15) is 51.0 Å². The van der Waals surface area contributed by atoms with Crippen molar-refractivity contribution in [2.45, 2.75) is 51.9 Å². The number of hydrogen-bond acceptors (Lipinski definition) is 5. The molecule has 30 heavy (non-hydrogen) atoms. The fourth-order valence-electron chi connectivity index (χ4n) is 4.44. The maximum absolute atomic E-state index is 12.5. The Balaban J connectivity index is 1.31. The average Bonchev–Trinajstić information content (AvgIpc) is 3.31. The maximum atomic E-state index is 12.5. The molecule has 1 aliphatic heterocycles. The van der Waals surface area contributed by atoms with Crippen molar-refractivity contribution in [2.24, 2.45) is 11.8 Å². The molecule has 2 aromatic rings. The number of benzene rings is 1. The normalized spacial score (nSPS) is 21.0. The number of carbonyl (C=O) groups excluding carboxylic acids is 3. The fraction of sp³-hybridized carbons (Fsp3) is 0.478. The minimum atomic E-state index is -0.232. The summed E-state index contributed by atoms with van der Waals surface area (Å²) < 4.78 is 0. The number of imide groups is 1. The fourth-order valence-corrected chi connectivity index (χ4v) is 5.18. The third-order valence-corrected chi connectivity index (χ3v) is 6.79. The van der Waals surface area contributed by atoms with Crippen LogP contribution in [0.4, 0.5) is 5.13 Å². The summed E-state index contributed by atoms with van der Waals surface area (Å²) in [4.78, 5) is 43.2. The van der Waals surface area contributed by atoms with E-state index < -0.39 is 0 Å². The van der Waals surface area contributed by atoms with Gasteiger partial charge in [0.1, 0.15) is 0 Å². The van der Waals surface area contributed by atoms with Gasteiger partial charge in [0.05, 0.1) is 17.5 Å². The van der Waals surface area contributed by atoms with E-state index in [9.17, 15) is 14.4 Å². The quantitative estimate of drug-likeness (QED) is 0.672. The third-order valence-electron chi connectivity index (χ3n) is 6.03. The minimum absolute atomic E-state index is 0.0948. The molecule has 0 radical (unpaired) electrons. The molecule has 0 spiro atoms. The zero-order chi connectivity index (χ0) is 21.1. The van der Waals surface area contributed by atoms with E-state index in [1.165, 1.54) is 21.8 Å². The molecule has 6 nitrogen and oxygen atoms in total. The predicted molar refractivity (Wildman–Crippen MR) is 117 cm³/mol. The van der Waals surface area contributed by atoms with Crippen LogP contribution in [0, 0.1) is 11.8 Å². The highest BCUT2D eigenvalue weighted by Gasteiger charge is 2.47. The van der Waals surface area contributed by atoms with E-state index in [0.29, 0.717) is 5.13 Å². The second kappa shape index (κ2) is 9.08. The molecule has 3 amide bonds. The van der Waals surface area contributed by atoms with Gasteiger partial charge in [-0.3, -0.25) is 19.3 Å². The lowest BCUT2D eigenvalue weighted by Gasteiger charge is -2.19. The Kier molecular flexibility index (Phi) is 6.27. The Bertz CT molecular complexity index is 913. The molecule has 1 N–H and O–H groups in total. The first-order valence-corrected chi connectivity index (χ1v) is 11.6. The summed E-state index contributed by atoms with van der Waals surface area (Å²) in [6.45, 7) is 2.31. The number of hydrogen-bond donors (Lipinski definition) is 1. The Hall–Kier alpha value is -2.54. The van der Waals surface area contributed by atoms with Gasteiger partial charge in [0.15, 0.2) is 5.13 Å². The van der Waals surface area contributed by atoms with Crippen LogP contribution < -0.4 is 5.32 Å². The van der Waals surface area contributed by atoms with Crippen LogP contribution in [0.15, 0.2) is 29.6 Å². The number of aryl methyl sites for hydroxylation is 1. The molecule has 1 aromatic heterocycles. The Morgan fingerprint density at radius 1 is 1.13 bits per heavy atom. The number of fused-ring (bicyclic) bond motifs is 1. The van der Waals surface area contributed by atoms with Crippen molar-refractivity contribution in [1.82, 2.24) is 9.88 Å². The molecule has 158 valence electrons. The summed E-state index contributed by atoms with van der Waals surface area (Å²) in [6.07, 6.45) is 5.85. The molecule has 1 aliphatic carbocycles. The summed E-state index contributed by atoms with van der Waals surface area (Å²) in [6, 6.07) is 8.32. The van der Waals surface area contributed by atoms with E-state index in [2.05, 4.69) is 41.5 Å². The van der Waals surface area contributed by atoms with E-state index in [-0.39, 0.29) is 42.5 Å². The molecule has 0 unspecified atom stereocenters. The summed E-state index contributed by atoms with van der Waals surface area (Å²) in [5.74, 6) is -0.759. The van der Waals surface area contributed by atoms with Crippen molar-refractivity contribution >= 4 is 34.2 Å². The van der Waals surface area contributed by atoms with Crippen LogP contribution >= 0.6 is 11.3 Å². The number of carbonyl (C=O) groups is 3. The monoisotopic (exact) mass is 425 g/mol. The summed E-state index contributed by atoms with van der Waals surface area (Å²) in [5, 5.41) is 5.25. The second-order valence-corrected chi connectivity index (χ2v) is 8.97. The number of aromatic nitrogens is 1. The van der Waals surface area contributed by atoms with Gasteiger partial charge in [0, 0.05) is 23.9 Å². The van der Waals surface area contributed by atoms with Gasteiger partial charge in [-0.2, -0.15) is 0 Å². The molecule has 2 fully saturated rings. The smallest absolute Gasteiger partial charge is 0.233 e. The predicted octanol–water partition coefficient (Wildman–Crippen LogP) is 4.27. The lowest BCUT2D eigenvalue weighted by Crippen LogP contribution is -2.34. The van der Waals surface area contributed by atoms with Crippen molar-refractivity contribution in [1.29, 1.82) is 0 Å². The molecular formula is C23H27N3O3S. The maximum Gasteiger partial charge on any atom is 0.233 e. The number of nitrogens with zero attached hydrogens (tertiary/aromatic N) is 2. The summed E-state index contributed by atoms with van der Waals surface area (Å²) in [5.41, 5.74) is 3.14. The van der Waals surface area contributed by atoms with Crippen LogP contribution in [-0.2, 0) is 20.8 Å². The Morgan fingerprint density at radius 2 is 1.80 bits per heavy atom. The van der Waals surface area contributed by atoms with Crippen molar-refractivity contribution in [2.75, 3.05) is 11.9 Å². The number of anilines is 1. The van der Waals surface area contributed by atoms with Crippen molar-refractivity contribution in [3.63, 3.8) is 0 Å². The Labute approximate surface area is 180 Å². The molecular weight excluding hydrogens is 398 g/mol. The third kappa shape index (κ3) is 4.31. The molecule has 7 heteroatoms. The average molecular weight is 426 g/mol. The summed E-state index contributed by atoms with van der Waals surface area (Å²) in [7, 11) is 0. The lowest BCUT2D eigenvalue weighted by atomic mass is 9.81. The molecule has 2 aliphatic rings. The number of thiazole rings is 1. The van der Waals surface area contributed by atoms with E-state index in [4.69, 9.17) is 0 Å². The van der Waals surface area contributed by atoms with Crippen LogP contribution in [-0.4, -0.2) is 34.2 Å². The van der Waals surface area contributed by atoms with Gasteiger partial charge in [-0.25, -0.2) is 4.98 Å². The van der Waals surface area contributed by atoms with E-state index in [0.717, 1.165) is 49.8 Å². The standard InChI is InChI=1S/C23H27N3O3S/c1-2-5-15-8-10-16(11-9-15)19-14-30-23(24-19)25-20(27)12-13-26-21(28)17-6-3-4-7-18(17)22(26)29/h8-11,14,17-18H,2-7,12-13H2,1H3,(H,24,25,27)/t17-,18-/m0/s1. The topological polar surface area (TPSA) is 79.4 Å². The highest BCUT2D eigenvalue weighted by Crippen LogP contribution is 2.38. The zero-order valence-electron chi connectivity index (χ0n) is 17.2. The molecule has 1 saturated carbocycles. The summed E-state index contributed by atoms with van der Waals surface area (Å²) >= 11 is 1.37. The number of nitrogens with one attached hydrogen (secondary N) is 1. The van der Waals surface area contributed by atoms with Gasteiger partial charge in [-0.1, -0.05) is 50.5 Å². The van der Waals surface area contributed by atoms with E-state index >= 15 is 0 Å². The molecule has 1 aromatic carbocycles. The second-order valence-electron chi connectivity index (χ2n) is 8.11. The van der Waals surface area contributed by atoms with Crippen LogP contribution in [0.5, 0.6) is 0 Å². The zero-order valence-corrected chi connectivity index (χ0v) is 18.0. The Morgan fingerprint density at radius 3 is 2.43 bits per heavy atom.